The fourth-order valence-electron chi connectivity index (χ4n) is 3.81. The van der Waals surface area contributed by atoms with Crippen molar-refractivity contribution in [3.63, 3.8) is 0 Å². The molecule has 0 aliphatic heterocycles. The first-order chi connectivity index (χ1) is 9.20. The quantitative estimate of drug-likeness (QED) is 0.486. The van der Waals surface area contributed by atoms with Gasteiger partial charge in [0.2, 0.25) is 0 Å². The summed E-state index contributed by atoms with van der Waals surface area (Å²) in [5.41, 5.74) is 2.07. The Bertz CT molecular complexity index is 581. The van der Waals surface area contributed by atoms with Crippen molar-refractivity contribution in [2.75, 3.05) is 6.61 Å². The van der Waals surface area contributed by atoms with E-state index in [0.29, 0.717) is 17.8 Å². The lowest BCUT2D eigenvalue weighted by molar-refractivity contribution is -0.160. The summed E-state index contributed by atoms with van der Waals surface area (Å²) in [5, 5.41) is -4.91. The van der Waals surface area contributed by atoms with Gasteiger partial charge in [-0.2, -0.15) is 17.2 Å². The van der Waals surface area contributed by atoms with Gasteiger partial charge in [-0.25, -0.2) is 4.79 Å². The van der Waals surface area contributed by atoms with Crippen LogP contribution < -0.4 is 0 Å². The summed E-state index contributed by atoms with van der Waals surface area (Å²) in [4.78, 5) is 11.1. The van der Waals surface area contributed by atoms with E-state index in [-0.39, 0.29) is 6.61 Å². The number of fused-ring (bicyclic) bond motifs is 1. The SMILES string of the molecule is O=C(OCC1=C2C3CC(C1)CC2C3)C(F)(F)S(=O)(=O)O. The normalized spacial score (nSPS) is 32.0. The van der Waals surface area contributed by atoms with E-state index in [1.54, 1.807) is 0 Å². The molecule has 0 saturated heterocycles. The summed E-state index contributed by atoms with van der Waals surface area (Å²) in [6, 6.07) is 0. The third-order valence-electron chi connectivity index (χ3n) is 4.57. The Morgan fingerprint density at radius 1 is 1.30 bits per heavy atom. The zero-order chi connectivity index (χ0) is 14.7. The number of esters is 1. The molecule has 0 radical (unpaired) electrons. The van der Waals surface area contributed by atoms with Crippen LogP contribution in [0.5, 0.6) is 0 Å². The van der Waals surface area contributed by atoms with E-state index in [2.05, 4.69) is 4.74 Å². The molecule has 2 unspecified atom stereocenters. The molecule has 8 heteroatoms. The fourth-order valence-corrected chi connectivity index (χ4v) is 4.08. The lowest BCUT2D eigenvalue weighted by Crippen LogP contribution is -2.44. The van der Waals surface area contributed by atoms with Gasteiger partial charge in [0.15, 0.2) is 0 Å². The van der Waals surface area contributed by atoms with Crippen LogP contribution >= 0.6 is 0 Å². The van der Waals surface area contributed by atoms with Crippen LogP contribution in [0, 0.1) is 17.8 Å². The van der Waals surface area contributed by atoms with Crippen molar-refractivity contribution in [2.45, 2.75) is 30.9 Å². The highest BCUT2D eigenvalue weighted by molar-refractivity contribution is 7.87. The molecule has 20 heavy (non-hydrogen) atoms. The molecular weight excluding hydrogens is 294 g/mol. The van der Waals surface area contributed by atoms with Gasteiger partial charge in [-0.3, -0.25) is 4.55 Å². The van der Waals surface area contributed by atoms with E-state index in [9.17, 15) is 22.0 Å². The highest BCUT2D eigenvalue weighted by Crippen LogP contribution is 2.59. The Labute approximate surface area is 114 Å². The Morgan fingerprint density at radius 2 is 1.90 bits per heavy atom. The first-order valence-electron chi connectivity index (χ1n) is 6.44. The molecular formula is C12H14F2O5S. The molecule has 0 aromatic carbocycles. The summed E-state index contributed by atoms with van der Waals surface area (Å²) in [6.45, 7) is -0.303. The Morgan fingerprint density at radius 3 is 2.40 bits per heavy atom. The third-order valence-corrected chi connectivity index (χ3v) is 5.38. The molecule has 5 rings (SSSR count). The number of carbonyl (C=O) groups is 1. The maximum Gasteiger partial charge on any atom is 0.465 e. The van der Waals surface area contributed by atoms with Gasteiger partial charge in [-0.05, 0) is 49.0 Å². The highest BCUT2D eigenvalue weighted by atomic mass is 32.2. The average Bonchev–Trinajstić information content (AvgIpc) is 2.33. The van der Waals surface area contributed by atoms with Crippen LogP contribution in [0.4, 0.5) is 8.78 Å². The van der Waals surface area contributed by atoms with Crippen LogP contribution in [0.25, 0.3) is 0 Å². The molecule has 4 bridgehead atoms. The molecule has 3 fully saturated rings. The summed E-state index contributed by atoms with van der Waals surface area (Å²) >= 11 is 0. The summed E-state index contributed by atoms with van der Waals surface area (Å²) in [6.07, 6.45) is 4.08. The fraction of sp³-hybridized carbons (Fsp3) is 0.750. The van der Waals surface area contributed by atoms with E-state index in [4.69, 9.17) is 4.55 Å². The molecule has 3 saturated carbocycles. The molecule has 5 nitrogen and oxygen atoms in total. The summed E-state index contributed by atoms with van der Waals surface area (Å²) in [5.74, 6) is -0.721. The number of hydrogen-bond acceptors (Lipinski definition) is 4. The van der Waals surface area contributed by atoms with E-state index < -0.39 is 21.3 Å². The minimum atomic E-state index is -5.79. The second-order valence-corrected chi connectivity index (χ2v) is 7.26. The molecule has 0 aromatic rings. The van der Waals surface area contributed by atoms with Crippen molar-refractivity contribution >= 4 is 16.1 Å². The number of allylic oxidation sites excluding steroid dienone is 1. The first kappa shape index (κ1) is 13.9. The van der Waals surface area contributed by atoms with Crippen LogP contribution in [0.2, 0.25) is 0 Å². The number of rotatable bonds is 4. The molecule has 112 valence electrons. The Kier molecular flexibility index (Phi) is 2.95. The van der Waals surface area contributed by atoms with Crippen LogP contribution in [0.15, 0.2) is 11.1 Å². The average molecular weight is 308 g/mol. The Hall–Kier alpha value is -1.02. The van der Waals surface area contributed by atoms with Gasteiger partial charge < -0.3 is 4.74 Å². The molecule has 0 spiro atoms. The van der Waals surface area contributed by atoms with Crippen molar-refractivity contribution in [1.82, 2.24) is 0 Å². The summed E-state index contributed by atoms with van der Waals surface area (Å²) < 4.78 is 59.6. The number of carbonyl (C=O) groups excluding carboxylic acids is 1. The second kappa shape index (κ2) is 4.24. The maximum atomic E-state index is 13.0. The van der Waals surface area contributed by atoms with Crippen molar-refractivity contribution in [3.05, 3.63) is 11.1 Å². The molecule has 2 atom stereocenters. The molecule has 1 N–H and O–H groups in total. The van der Waals surface area contributed by atoms with E-state index >= 15 is 0 Å². The van der Waals surface area contributed by atoms with Crippen molar-refractivity contribution < 1.29 is 31.3 Å². The lowest BCUT2D eigenvalue weighted by atomic mass is 9.52. The predicted octanol–water partition coefficient (Wildman–Crippen LogP) is 1.76. The Balaban J connectivity index is 1.68. The van der Waals surface area contributed by atoms with Gasteiger partial charge >= 0.3 is 21.3 Å². The molecule has 0 amide bonds. The largest absolute Gasteiger partial charge is 0.465 e. The topological polar surface area (TPSA) is 80.7 Å². The molecule has 0 aromatic heterocycles. The molecule has 0 heterocycles. The van der Waals surface area contributed by atoms with Crippen molar-refractivity contribution in [3.8, 4) is 0 Å². The molecule has 5 aliphatic carbocycles. The van der Waals surface area contributed by atoms with Gasteiger partial charge in [0.05, 0.1) is 0 Å². The van der Waals surface area contributed by atoms with Crippen LogP contribution in [-0.4, -0.2) is 30.8 Å². The van der Waals surface area contributed by atoms with Crippen molar-refractivity contribution in [1.29, 1.82) is 0 Å². The number of ether oxygens (including phenoxy) is 1. The monoisotopic (exact) mass is 308 g/mol. The van der Waals surface area contributed by atoms with Crippen LogP contribution in [-0.2, 0) is 19.6 Å². The number of alkyl halides is 2. The number of hydrogen-bond donors (Lipinski definition) is 1. The van der Waals surface area contributed by atoms with E-state index in [0.717, 1.165) is 31.3 Å². The highest BCUT2D eigenvalue weighted by Gasteiger charge is 2.54. The minimum absolute atomic E-state index is 0.303. The van der Waals surface area contributed by atoms with Crippen LogP contribution in [0.1, 0.15) is 25.7 Å². The number of halogens is 2. The van der Waals surface area contributed by atoms with Gasteiger partial charge in [-0.15, -0.1) is 0 Å². The first-order valence-corrected chi connectivity index (χ1v) is 7.88. The minimum Gasteiger partial charge on any atom is -0.456 e. The third kappa shape index (κ3) is 1.96. The van der Waals surface area contributed by atoms with E-state index in [1.807, 2.05) is 0 Å². The van der Waals surface area contributed by atoms with Gasteiger partial charge in [-0.1, -0.05) is 5.57 Å². The zero-order valence-corrected chi connectivity index (χ0v) is 11.3. The summed E-state index contributed by atoms with van der Waals surface area (Å²) in [7, 11) is -5.79. The second-order valence-electron chi connectivity index (χ2n) is 5.80. The van der Waals surface area contributed by atoms with Crippen LogP contribution in [0.3, 0.4) is 0 Å². The standard InChI is InChI=1S/C12H14F2O5S/c13-12(14,20(16,17)18)11(15)19-5-9-3-6-1-7-4-8(2-6)10(7)9/h6-8H,1-5H2,(H,16,17,18). The zero-order valence-electron chi connectivity index (χ0n) is 10.5. The smallest absolute Gasteiger partial charge is 0.456 e. The lowest BCUT2D eigenvalue weighted by Gasteiger charge is -2.53. The van der Waals surface area contributed by atoms with Gasteiger partial charge in [0, 0.05) is 0 Å². The predicted molar refractivity (Wildman–Crippen MR) is 63.4 cm³/mol. The van der Waals surface area contributed by atoms with Gasteiger partial charge in [0.1, 0.15) is 6.61 Å². The van der Waals surface area contributed by atoms with Crippen molar-refractivity contribution in [2.24, 2.45) is 17.8 Å². The molecule has 5 aliphatic rings. The van der Waals surface area contributed by atoms with E-state index in [1.165, 1.54) is 5.57 Å². The van der Waals surface area contributed by atoms with Gasteiger partial charge in [0.25, 0.3) is 0 Å². The maximum absolute atomic E-state index is 13.0.